The number of nitrogens with one attached hydrogen (secondary N) is 1. The molecule has 3 rings (SSSR count). The molecule has 0 saturated carbocycles. The highest BCUT2D eigenvalue weighted by Gasteiger charge is 2.32. The third-order valence-corrected chi connectivity index (χ3v) is 5.52. The molecule has 3 N–H and O–H groups in total. The van der Waals surface area contributed by atoms with Gasteiger partial charge in [-0.2, -0.15) is 0 Å². The monoisotopic (exact) mass is 459 g/mol. The number of nitrogens with two attached hydrogens (primary N) is 1. The average molecular weight is 460 g/mol. The topological polar surface area (TPSA) is 93.9 Å². The number of nitrogen functional groups attached to an aromatic ring is 1. The van der Waals surface area contributed by atoms with E-state index < -0.39 is 0 Å². The van der Waals surface area contributed by atoms with E-state index in [2.05, 4.69) is 27.8 Å². The largest absolute Gasteiger partial charge is 0.497 e. The van der Waals surface area contributed by atoms with Crippen LogP contribution in [-0.4, -0.2) is 37.5 Å². The molecule has 0 aromatic heterocycles. The zero-order chi connectivity index (χ0) is 21.1. The minimum atomic E-state index is -0.335. The van der Waals surface area contributed by atoms with Gasteiger partial charge in [-0.1, -0.05) is 22.5 Å². The van der Waals surface area contributed by atoms with Crippen molar-refractivity contribution in [1.82, 2.24) is 10.2 Å². The van der Waals surface area contributed by atoms with Crippen molar-refractivity contribution in [2.45, 2.75) is 13.1 Å². The summed E-state index contributed by atoms with van der Waals surface area (Å²) in [6.45, 7) is 4.59. The lowest BCUT2D eigenvalue weighted by atomic mass is 10.1. The molecule has 1 aliphatic rings. The SMILES string of the molecule is C=C(CN1Cc2c(Br)ccc(N)c2C1=O)C(=O)NCc1ccc(OC)cc1OC. The molecule has 0 radical (unpaired) electrons. The lowest BCUT2D eigenvalue weighted by molar-refractivity contribution is -0.117. The standard InChI is InChI=1S/C21H22BrN3O4/c1-12(10-25-11-15-16(22)6-7-17(23)19(15)21(25)27)20(26)24-9-13-4-5-14(28-2)8-18(13)29-3/h4-8H,1,9-11,23H2,2-3H3,(H,24,26). The molecule has 0 atom stereocenters. The number of carbonyl (C=O) groups excluding carboxylic acids is 2. The van der Waals surface area contributed by atoms with E-state index in [1.165, 1.54) is 0 Å². The van der Waals surface area contributed by atoms with Crippen LogP contribution in [0.1, 0.15) is 21.5 Å². The third-order valence-electron chi connectivity index (χ3n) is 4.77. The van der Waals surface area contributed by atoms with E-state index in [0.29, 0.717) is 29.3 Å². The fourth-order valence-electron chi connectivity index (χ4n) is 3.20. The van der Waals surface area contributed by atoms with Crippen molar-refractivity contribution in [3.8, 4) is 11.5 Å². The van der Waals surface area contributed by atoms with Crippen LogP contribution in [0.5, 0.6) is 11.5 Å². The predicted molar refractivity (Wildman–Crippen MR) is 114 cm³/mol. The number of hydrogen-bond donors (Lipinski definition) is 2. The maximum Gasteiger partial charge on any atom is 0.256 e. The van der Waals surface area contributed by atoms with Gasteiger partial charge >= 0.3 is 0 Å². The first-order valence-corrected chi connectivity index (χ1v) is 9.68. The molecule has 1 heterocycles. The summed E-state index contributed by atoms with van der Waals surface area (Å²) < 4.78 is 11.3. The van der Waals surface area contributed by atoms with Crippen LogP contribution in [0, 0.1) is 0 Å². The molecule has 0 aliphatic carbocycles. The summed E-state index contributed by atoms with van der Waals surface area (Å²) in [5, 5.41) is 2.81. The van der Waals surface area contributed by atoms with Crippen LogP contribution in [0.25, 0.3) is 0 Å². The maximum absolute atomic E-state index is 12.7. The van der Waals surface area contributed by atoms with E-state index in [0.717, 1.165) is 15.6 Å². The highest BCUT2D eigenvalue weighted by atomic mass is 79.9. The first-order chi connectivity index (χ1) is 13.8. The van der Waals surface area contributed by atoms with Gasteiger partial charge < -0.3 is 25.4 Å². The molecule has 0 fully saturated rings. The number of methoxy groups -OCH3 is 2. The van der Waals surface area contributed by atoms with Crippen molar-refractivity contribution in [2.75, 3.05) is 26.5 Å². The summed E-state index contributed by atoms with van der Waals surface area (Å²) in [6.07, 6.45) is 0. The van der Waals surface area contributed by atoms with Gasteiger partial charge in [-0.15, -0.1) is 0 Å². The van der Waals surface area contributed by atoms with Crippen LogP contribution < -0.4 is 20.5 Å². The van der Waals surface area contributed by atoms with Gasteiger partial charge in [0.1, 0.15) is 11.5 Å². The van der Waals surface area contributed by atoms with Gasteiger partial charge in [0.05, 0.1) is 26.3 Å². The number of anilines is 1. The summed E-state index contributed by atoms with van der Waals surface area (Å²) in [5.74, 6) is 0.739. The molecule has 0 saturated heterocycles. The Bertz CT molecular complexity index is 990. The number of amides is 2. The molecule has 0 bridgehead atoms. The Kier molecular flexibility index (Phi) is 6.12. The first-order valence-electron chi connectivity index (χ1n) is 8.88. The van der Waals surface area contributed by atoms with Gasteiger partial charge in [0.25, 0.3) is 5.91 Å². The van der Waals surface area contributed by atoms with Gasteiger partial charge in [-0.25, -0.2) is 0 Å². The van der Waals surface area contributed by atoms with Gasteiger partial charge in [0, 0.05) is 46.0 Å². The summed E-state index contributed by atoms with van der Waals surface area (Å²) >= 11 is 3.45. The van der Waals surface area contributed by atoms with Crippen molar-refractivity contribution in [3.05, 3.63) is 63.6 Å². The summed E-state index contributed by atoms with van der Waals surface area (Å²) in [6, 6.07) is 8.87. The van der Waals surface area contributed by atoms with Crippen LogP contribution in [0.15, 0.2) is 47.0 Å². The Morgan fingerprint density at radius 2 is 2.03 bits per heavy atom. The minimum Gasteiger partial charge on any atom is -0.497 e. The van der Waals surface area contributed by atoms with Crippen molar-refractivity contribution >= 4 is 33.4 Å². The second-order valence-electron chi connectivity index (χ2n) is 6.62. The average Bonchev–Trinajstić information content (AvgIpc) is 3.06. The maximum atomic E-state index is 12.7. The van der Waals surface area contributed by atoms with Crippen molar-refractivity contribution in [2.24, 2.45) is 0 Å². The van der Waals surface area contributed by atoms with Gasteiger partial charge in [0.2, 0.25) is 5.91 Å². The number of hydrogen-bond acceptors (Lipinski definition) is 5. The number of fused-ring (bicyclic) bond motifs is 1. The molecule has 152 valence electrons. The second-order valence-corrected chi connectivity index (χ2v) is 7.47. The summed E-state index contributed by atoms with van der Waals surface area (Å²) in [4.78, 5) is 26.7. The number of nitrogens with zero attached hydrogens (tertiary/aromatic N) is 1. The molecule has 2 aromatic rings. The fraction of sp³-hybridized carbons (Fsp3) is 0.238. The molecule has 29 heavy (non-hydrogen) atoms. The highest BCUT2D eigenvalue weighted by molar-refractivity contribution is 9.10. The summed E-state index contributed by atoms with van der Waals surface area (Å²) in [7, 11) is 3.13. The molecular weight excluding hydrogens is 438 g/mol. The number of rotatable bonds is 7. The molecule has 2 aromatic carbocycles. The van der Waals surface area contributed by atoms with Gasteiger partial charge in [-0.05, 0) is 24.3 Å². The second kappa shape index (κ2) is 8.57. The van der Waals surface area contributed by atoms with Crippen molar-refractivity contribution < 1.29 is 19.1 Å². The molecule has 0 unspecified atom stereocenters. The predicted octanol–water partition coefficient (Wildman–Crippen LogP) is 2.88. The van der Waals surface area contributed by atoms with Gasteiger partial charge in [0.15, 0.2) is 0 Å². The quantitative estimate of drug-likeness (QED) is 0.490. The van der Waals surface area contributed by atoms with E-state index in [1.807, 2.05) is 12.1 Å². The number of halogens is 1. The highest BCUT2D eigenvalue weighted by Crippen LogP contribution is 2.33. The van der Waals surface area contributed by atoms with E-state index in [9.17, 15) is 9.59 Å². The van der Waals surface area contributed by atoms with E-state index in [1.54, 1.807) is 37.3 Å². The number of carbonyl (C=O) groups is 2. The lowest BCUT2D eigenvalue weighted by Gasteiger charge is -2.17. The Hall–Kier alpha value is -3.00. The zero-order valence-electron chi connectivity index (χ0n) is 16.3. The minimum absolute atomic E-state index is 0.116. The molecule has 7 nitrogen and oxygen atoms in total. The zero-order valence-corrected chi connectivity index (χ0v) is 17.8. The lowest BCUT2D eigenvalue weighted by Crippen LogP contribution is -2.33. The van der Waals surface area contributed by atoms with Crippen LogP contribution in [0.2, 0.25) is 0 Å². The smallest absolute Gasteiger partial charge is 0.256 e. The Morgan fingerprint density at radius 3 is 2.69 bits per heavy atom. The van der Waals surface area contributed by atoms with Crippen molar-refractivity contribution in [3.63, 3.8) is 0 Å². The van der Waals surface area contributed by atoms with Crippen LogP contribution in [0.3, 0.4) is 0 Å². The number of benzene rings is 2. The molecule has 1 aliphatic heterocycles. The fourth-order valence-corrected chi connectivity index (χ4v) is 3.65. The van der Waals surface area contributed by atoms with Crippen molar-refractivity contribution in [1.29, 1.82) is 0 Å². The molecular formula is C21H22BrN3O4. The Labute approximate surface area is 177 Å². The normalized spacial score (nSPS) is 12.5. The Morgan fingerprint density at radius 1 is 1.28 bits per heavy atom. The molecule has 2 amide bonds. The van der Waals surface area contributed by atoms with Crippen LogP contribution in [-0.2, 0) is 17.9 Å². The first kappa shape index (κ1) is 20.7. The van der Waals surface area contributed by atoms with E-state index >= 15 is 0 Å². The van der Waals surface area contributed by atoms with Crippen LogP contribution >= 0.6 is 15.9 Å². The molecule has 8 heteroatoms. The van der Waals surface area contributed by atoms with E-state index in [4.69, 9.17) is 15.2 Å². The van der Waals surface area contributed by atoms with Crippen LogP contribution in [0.4, 0.5) is 5.69 Å². The Balaban J connectivity index is 1.62. The number of ether oxygens (including phenoxy) is 2. The molecule has 0 spiro atoms. The van der Waals surface area contributed by atoms with Gasteiger partial charge in [-0.3, -0.25) is 9.59 Å². The summed E-state index contributed by atoms with van der Waals surface area (Å²) in [5.41, 5.74) is 8.78. The third kappa shape index (κ3) is 4.22. The van der Waals surface area contributed by atoms with E-state index in [-0.39, 0.29) is 30.5 Å².